The fourth-order valence-corrected chi connectivity index (χ4v) is 3.01. The largest absolute Gasteiger partial charge is 0.442 e. The predicted molar refractivity (Wildman–Crippen MR) is 78.3 cm³/mol. The van der Waals surface area contributed by atoms with Crippen molar-refractivity contribution >= 4 is 23.1 Å². The Morgan fingerprint density at radius 2 is 2.00 bits per heavy atom. The normalized spacial score (nSPS) is 21.5. The molecule has 2 heterocycles. The summed E-state index contributed by atoms with van der Waals surface area (Å²) in [6.45, 7) is 3.35. The van der Waals surface area contributed by atoms with Crippen molar-refractivity contribution < 1.29 is 9.53 Å². The molecule has 0 radical (unpaired) electrons. The summed E-state index contributed by atoms with van der Waals surface area (Å²) < 4.78 is 6.02. The number of hydrogen-bond donors (Lipinski definition) is 0. The molecule has 0 saturated heterocycles. The first-order valence-corrected chi connectivity index (χ1v) is 7.17. The first kappa shape index (κ1) is 12.9. The van der Waals surface area contributed by atoms with Crippen LogP contribution in [0.2, 0.25) is 0 Å². The summed E-state index contributed by atoms with van der Waals surface area (Å²) in [4.78, 5) is 12.8. The number of hydrogen-bond acceptors (Lipinski definition) is 4. The van der Waals surface area contributed by atoms with E-state index in [0.717, 1.165) is 10.4 Å². The molecule has 1 aromatic carbocycles. The molecule has 1 amide bonds. The molecule has 2 aromatic rings. The van der Waals surface area contributed by atoms with Gasteiger partial charge in [-0.05, 0) is 23.6 Å². The van der Waals surface area contributed by atoms with Gasteiger partial charge in [-0.1, -0.05) is 24.3 Å². The highest BCUT2D eigenvalue weighted by molar-refractivity contribution is 7.10. The minimum Gasteiger partial charge on any atom is -0.442 e. The Kier molecular flexibility index (Phi) is 3.06. The van der Waals surface area contributed by atoms with Crippen molar-refractivity contribution in [2.45, 2.75) is 19.6 Å². The SMILES string of the molecule is CC(=O)N1N=C(c2ccccc2)O[C@]1(C)c1cccs1. The molecule has 1 aliphatic rings. The maximum absolute atomic E-state index is 11.9. The van der Waals surface area contributed by atoms with Gasteiger partial charge in [0.05, 0.1) is 4.88 Å². The lowest BCUT2D eigenvalue weighted by molar-refractivity contribution is -0.145. The van der Waals surface area contributed by atoms with Crippen molar-refractivity contribution in [3.8, 4) is 0 Å². The fourth-order valence-electron chi connectivity index (χ4n) is 2.20. The number of nitrogens with zero attached hydrogens (tertiary/aromatic N) is 2. The zero-order chi connectivity index (χ0) is 14.2. The van der Waals surface area contributed by atoms with E-state index in [1.807, 2.05) is 54.8 Å². The van der Waals surface area contributed by atoms with Gasteiger partial charge < -0.3 is 4.74 Å². The topological polar surface area (TPSA) is 41.9 Å². The molecular formula is C15H14N2O2S. The summed E-state index contributed by atoms with van der Waals surface area (Å²) in [6, 6.07) is 13.5. The van der Waals surface area contributed by atoms with Crippen molar-refractivity contribution in [2.75, 3.05) is 0 Å². The molecule has 1 aliphatic heterocycles. The number of amides is 1. The van der Waals surface area contributed by atoms with Crippen LogP contribution in [-0.2, 0) is 15.3 Å². The van der Waals surface area contributed by atoms with E-state index in [9.17, 15) is 4.79 Å². The van der Waals surface area contributed by atoms with Crippen LogP contribution < -0.4 is 0 Å². The second-order valence-electron chi connectivity index (χ2n) is 4.66. The van der Waals surface area contributed by atoms with Crippen LogP contribution in [0.3, 0.4) is 0 Å². The Labute approximate surface area is 121 Å². The molecule has 0 aliphatic carbocycles. The van der Waals surface area contributed by atoms with Crippen molar-refractivity contribution in [3.05, 3.63) is 58.3 Å². The summed E-state index contributed by atoms with van der Waals surface area (Å²) in [7, 11) is 0. The van der Waals surface area contributed by atoms with Crippen molar-refractivity contribution in [1.29, 1.82) is 0 Å². The van der Waals surface area contributed by atoms with Crippen molar-refractivity contribution in [3.63, 3.8) is 0 Å². The molecule has 102 valence electrons. The third-order valence-electron chi connectivity index (χ3n) is 3.19. The van der Waals surface area contributed by atoms with Gasteiger partial charge in [0, 0.05) is 19.4 Å². The minimum atomic E-state index is -0.870. The van der Waals surface area contributed by atoms with Crippen LogP contribution in [0, 0.1) is 0 Å². The lowest BCUT2D eigenvalue weighted by Gasteiger charge is -2.29. The van der Waals surface area contributed by atoms with Gasteiger partial charge in [0.1, 0.15) is 0 Å². The molecular weight excluding hydrogens is 272 g/mol. The first-order chi connectivity index (χ1) is 9.61. The first-order valence-electron chi connectivity index (χ1n) is 6.29. The molecule has 0 bridgehead atoms. The highest BCUT2D eigenvalue weighted by Gasteiger charge is 2.45. The average Bonchev–Trinajstić information content (AvgIpc) is 3.07. The minimum absolute atomic E-state index is 0.146. The van der Waals surface area contributed by atoms with E-state index in [0.29, 0.717) is 5.90 Å². The molecule has 3 rings (SSSR count). The third-order valence-corrected chi connectivity index (χ3v) is 4.25. The molecule has 0 saturated carbocycles. The number of hydrazone groups is 1. The quantitative estimate of drug-likeness (QED) is 0.851. The summed E-state index contributed by atoms with van der Waals surface area (Å²) in [6.07, 6.45) is 0. The van der Waals surface area contributed by atoms with Crippen LogP contribution in [0.4, 0.5) is 0 Å². The average molecular weight is 286 g/mol. The predicted octanol–water partition coefficient (Wildman–Crippen LogP) is 3.16. The Morgan fingerprint density at radius 3 is 2.60 bits per heavy atom. The molecule has 4 nitrogen and oxygen atoms in total. The van der Waals surface area contributed by atoms with Gasteiger partial charge in [0.2, 0.25) is 17.5 Å². The van der Waals surface area contributed by atoms with Gasteiger partial charge in [-0.2, -0.15) is 5.01 Å². The number of carbonyl (C=O) groups is 1. The summed E-state index contributed by atoms with van der Waals surface area (Å²) in [5.74, 6) is 0.323. The van der Waals surface area contributed by atoms with Crippen LogP contribution in [0.5, 0.6) is 0 Å². The Hall–Kier alpha value is -2.14. The van der Waals surface area contributed by atoms with Gasteiger partial charge in [-0.15, -0.1) is 16.4 Å². The lowest BCUT2D eigenvalue weighted by atomic mass is 10.2. The van der Waals surface area contributed by atoms with E-state index in [1.165, 1.54) is 11.9 Å². The van der Waals surface area contributed by atoms with E-state index in [4.69, 9.17) is 4.74 Å². The second kappa shape index (κ2) is 4.76. The monoisotopic (exact) mass is 286 g/mol. The number of benzene rings is 1. The van der Waals surface area contributed by atoms with Crippen LogP contribution in [0.25, 0.3) is 0 Å². The molecule has 5 heteroatoms. The van der Waals surface area contributed by atoms with Crippen LogP contribution in [0.15, 0.2) is 52.9 Å². The van der Waals surface area contributed by atoms with E-state index in [1.54, 1.807) is 11.3 Å². The van der Waals surface area contributed by atoms with Crippen LogP contribution in [-0.4, -0.2) is 16.8 Å². The van der Waals surface area contributed by atoms with Crippen molar-refractivity contribution in [1.82, 2.24) is 5.01 Å². The van der Waals surface area contributed by atoms with E-state index in [-0.39, 0.29) is 5.91 Å². The molecule has 20 heavy (non-hydrogen) atoms. The maximum atomic E-state index is 11.9. The summed E-state index contributed by atoms with van der Waals surface area (Å²) >= 11 is 1.55. The number of carbonyl (C=O) groups excluding carboxylic acids is 1. The Bertz CT molecular complexity index is 652. The molecule has 0 spiro atoms. The second-order valence-corrected chi connectivity index (χ2v) is 5.61. The standard InChI is InChI=1S/C15H14N2O2S/c1-11(18)17-15(2,13-9-6-10-20-13)19-14(16-17)12-7-4-3-5-8-12/h3-10H,1-2H3/t15-/m1/s1. The van der Waals surface area contributed by atoms with Gasteiger partial charge in [0.15, 0.2) is 0 Å². The Morgan fingerprint density at radius 1 is 1.25 bits per heavy atom. The van der Waals surface area contributed by atoms with Crippen molar-refractivity contribution in [2.24, 2.45) is 5.10 Å². The molecule has 0 unspecified atom stereocenters. The molecule has 1 atom stereocenters. The highest BCUT2D eigenvalue weighted by atomic mass is 32.1. The molecule has 1 aromatic heterocycles. The maximum Gasteiger partial charge on any atom is 0.243 e. The molecule has 0 fully saturated rings. The fraction of sp³-hybridized carbons (Fsp3) is 0.200. The molecule has 0 N–H and O–H groups in total. The van der Waals surface area contributed by atoms with E-state index < -0.39 is 5.72 Å². The van der Waals surface area contributed by atoms with Crippen LogP contribution in [0.1, 0.15) is 24.3 Å². The summed E-state index contributed by atoms with van der Waals surface area (Å²) in [5, 5.41) is 7.72. The van der Waals surface area contributed by atoms with Gasteiger partial charge in [-0.3, -0.25) is 4.79 Å². The highest BCUT2D eigenvalue weighted by Crippen LogP contribution is 2.38. The van der Waals surface area contributed by atoms with Gasteiger partial charge in [-0.25, -0.2) is 0 Å². The third kappa shape index (κ3) is 2.00. The van der Waals surface area contributed by atoms with Gasteiger partial charge in [0.25, 0.3) is 0 Å². The lowest BCUT2D eigenvalue weighted by Crippen LogP contribution is -2.40. The zero-order valence-corrected chi connectivity index (χ0v) is 12.1. The summed E-state index contributed by atoms with van der Waals surface area (Å²) in [5.41, 5.74) is -0.00965. The Balaban J connectivity index is 2.02. The number of thiophene rings is 1. The van der Waals surface area contributed by atoms with E-state index in [2.05, 4.69) is 5.10 Å². The van der Waals surface area contributed by atoms with E-state index >= 15 is 0 Å². The van der Waals surface area contributed by atoms with Gasteiger partial charge >= 0.3 is 0 Å². The van der Waals surface area contributed by atoms with Crippen LogP contribution >= 0.6 is 11.3 Å². The number of ether oxygens (including phenoxy) is 1. The zero-order valence-electron chi connectivity index (χ0n) is 11.2. The number of rotatable bonds is 2. The smallest absolute Gasteiger partial charge is 0.243 e.